The van der Waals surface area contributed by atoms with Crippen LogP contribution < -0.4 is 20.1 Å². The smallest absolute Gasteiger partial charge is 0.309 e. The van der Waals surface area contributed by atoms with Crippen molar-refractivity contribution < 1.29 is 19.1 Å². The van der Waals surface area contributed by atoms with E-state index in [1.165, 1.54) is 12.8 Å². The van der Waals surface area contributed by atoms with Gasteiger partial charge in [-0.05, 0) is 30.5 Å². The number of hydrogen-bond acceptors (Lipinski definition) is 4. The molecule has 0 atom stereocenters. The number of nitrogens with one attached hydrogen (secondary N) is 2. The van der Waals surface area contributed by atoms with Crippen molar-refractivity contribution in [3.05, 3.63) is 23.8 Å². The Morgan fingerprint density at radius 1 is 1.00 bits per heavy atom. The van der Waals surface area contributed by atoms with Gasteiger partial charge in [0.15, 0.2) is 11.5 Å². The van der Waals surface area contributed by atoms with Crippen LogP contribution in [0.1, 0.15) is 44.1 Å². The first-order valence-electron chi connectivity index (χ1n) is 8.19. The summed E-state index contributed by atoms with van der Waals surface area (Å²) in [6.45, 7) is 0.502. The summed E-state index contributed by atoms with van der Waals surface area (Å²) in [7, 11) is 0. The normalized spacial score (nSPS) is 17.4. The maximum absolute atomic E-state index is 12.0. The Kier molecular flexibility index (Phi) is 5.00. The Morgan fingerprint density at radius 2 is 1.74 bits per heavy atom. The SMILES string of the molecule is O=C(NCc1ccc2c(c1)OCO2)C(=O)NC1CCCCCC1. The summed E-state index contributed by atoms with van der Waals surface area (Å²) in [6.07, 6.45) is 6.57. The second-order valence-corrected chi connectivity index (χ2v) is 6.03. The van der Waals surface area contributed by atoms with Crippen molar-refractivity contribution in [1.82, 2.24) is 10.6 Å². The predicted octanol–water partition coefficient (Wildman–Crippen LogP) is 1.87. The van der Waals surface area contributed by atoms with Gasteiger partial charge in [-0.3, -0.25) is 9.59 Å². The first kappa shape index (κ1) is 15.6. The highest BCUT2D eigenvalue weighted by Crippen LogP contribution is 2.32. The number of fused-ring (bicyclic) bond motifs is 1. The molecule has 1 aromatic carbocycles. The van der Waals surface area contributed by atoms with Gasteiger partial charge in [0.05, 0.1) is 0 Å². The van der Waals surface area contributed by atoms with E-state index in [0.29, 0.717) is 11.5 Å². The van der Waals surface area contributed by atoms with Gasteiger partial charge >= 0.3 is 11.8 Å². The maximum Gasteiger partial charge on any atom is 0.309 e. The standard InChI is InChI=1S/C17H22N2O4/c20-16(17(21)19-13-5-3-1-2-4-6-13)18-10-12-7-8-14-15(9-12)23-11-22-14/h7-9,13H,1-6,10-11H2,(H,18,20)(H,19,21). The van der Waals surface area contributed by atoms with Crippen molar-refractivity contribution >= 4 is 11.8 Å². The lowest BCUT2D eigenvalue weighted by molar-refractivity contribution is -0.139. The molecule has 0 aromatic heterocycles. The lowest BCUT2D eigenvalue weighted by Gasteiger charge is -2.15. The van der Waals surface area contributed by atoms with Crippen LogP contribution in [0, 0.1) is 0 Å². The molecular weight excluding hydrogens is 296 g/mol. The second-order valence-electron chi connectivity index (χ2n) is 6.03. The molecular formula is C17H22N2O4. The summed E-state index contributed by atoms with van der Waals surface area (Å²) in [5.74, 6) is 0.232. The minimum atomic E-state index is -0.591. The molecule has 1 saturated carbocycles. The highest BCUT2D eigenvalue weighted by Gasteiger charge is 2.20. The monoisotopic (exact) mass is 318 g/mol. The molecule has 124 valence electrons. The molecule has 6 heteroatoms. The molecule has 0 saturated heterocycles. The first-order valence-corrected chi connectivity index (χ1v) is 8.19. The molecule has 1 fully saturated rings. The van der Waals surface area contributed by atoms with E-state index in [1.807, 2.05) is 12.1 Å². The highest BCUT2D eigenvalue weighted by atomic mass is 16.7. The molecule has 3 rings (SSSR count). The number of ether oxygens (including phenoxy) is 2. The second kappa shape index (κ2) is 7.35. The topological polar surface area (TPSA) is 76.7 Å². The van der Waals surface area contributed by atoms with Gasteiger partial charge in [0.1, 0.15) is 0 Å². The van der Waals surface area contributed by atoms with E-state index in [-0.39, 0.29) is 19.4 Å². The summed E-state index contributed by atoms with van der Waals surface area (Å²) in [6, 6.07) is 5.58. The van der Waals surface area contributed by atoms with E-state index in [1.54, 1.807) is 6.07 Å². The fraction of sp³-hybridized carbons (Fsp3) is 0.529. The lowest BCUT2D eigenvalue weighted by Crippen LogP contribution is -2.44. The van der Waals surface area contributed by atoms with Crippen LogP contribution in [0.2, 0.25) is 0 Å². The largest absolute Gasteiger partial charge is 0.454 e. The van der Waals surface area contributed by atoms with Crippen molar-refractivity contribution in [2.45, 2.75) is 51.1 Å². The van der Waals surface area contributed by atoms with Gasteiger partial charge in [0, 0.05) is 12.6 Å². The van der Waals surface area contributed by atoms with E-state index in [0.717, 1.165) is 31.2 Å². The van der Waals surface area contributed by atoms with Crippen LogP contribution in [0.5, 0.6) is 11.5 Å². The quantitative estimate of drug-likeness (QED) is 0.659. The van der Waals surface area contributed by atoms with Gasteiger partial charge in [-0.2, -0.15) is 0 Å². The number of amides is 2. The third-order valence-electron chi connectivity index (χ3n) is 4.29. The van der Waals surface area contributed by atoms with Crippen molar-refractivity contribution in [2.24, 2.45) is 0 Å². The Hall–Kier alpha value is -2.24. The molecule has 0 unspecified atom stereocenters. The van der Waals surface area contributed by atoms with E-state index >= 15 is 0 Å². The van der Waals surface area contributed by atoms with Gasteiger partial charge < -0.3 is 20.1 Å². The van der Waals surface area contributed by atoms with Crippen molar-refractivity contribution in [1.29, 1.82) is 0 Å². The number of benzene rings is 1. The van der Waals surface area contributed by atoms with Crippen LogP contribution >= 0.6 is 0 Å². The predicted molar refractivity (Wildman–Crippen MR) is 84.0 cm³/mol. The van der Waals surface area contributed by atoms with Crippen LogP contribution in [0.25, 0.3) is 0 Å². The van der Waals surface area contributed by atoms with Gasteiger partial charge in [-0.25, -0.2) is 0 Å². The molecule has 0 radical (unpaired) electrons. The molecule has 0 bridgehead atoms. The Labute approximate surface area is 135 Å². The zero-order chi connectivity index (χ0) is 16.1. The molecule has 2 aliphatic rings. The number of hydrogen-bond donors (Lipinski definition) is 2. The molecule has 1 aromatic rings. The van der Waals surface area contributed by atoms with Gasteiger partial charge in [-0.1, -0.05) is 31.7 Å². The van der Waals surface area contributed by atoms with Crippen molar-refractivity contribution in [2.75, 3.05) is 6.79 Å². The van der Waals surface area contributed by atoms with Crippen LogP contribution in [0.3, 0.4) is 0 Å². The van der Waals surface area contributed by atoms with Crippen LogP contribution in [-0.2, 0) is 16.1 Å². The minimum Gasteiger partial charge on any atom is -0.454 e. The summed E-state index contributed by atoms with van der Waals surface area (Å²) in [5, 5.41) is 5.49. The van der Waals surface area contributed by atoms with Gasteiger partial charge in [-0.15, -0.1) is 0 Å². The van der Waals surface area contributed by atoms with Gasteiger partial charge in [0.25, 0.3) is 0 Å². The Morgan fingerprint density at radius 3 is 2.52 bits per heavy atom. The average molecular weight is 318 g/mol. The summed E-state index contributed by atoms with van der Waals surface area (Å²) in [5.41, 5.74) is 0.866. The molecule has 1 aliphatic carbocycles. The summed E-state index contributed by atoms with van der Waals surface area (Å²) < 4.78 is 10.5. The molecule has 0 spiro atoms. The van der Waals surface area contributed by atoms with E-state index in [4.69, 9.17) is 9.47 Å². The summed E-state index contributed by atoms with van der Waals surface area (Å²) >= 11 is 0. The van der Waals surface area contributed by atoms with E-state index in [9.17, 15) is 9.59 Å². The molecule has 2 amide bonds. The Bertz CT molecular complexity index is 580. The molecule has 2 N–H and O–H groups in total. The van der Waals surface area contributed by atoms with Crippen LogP contribution in [0.15, 0.2) is 18.2 Å². The van der Waals surface area contributed by atoms with Crippen LogP contribution in [-0.4, -0.2) is 24.6 Å². The molecule has 6 nitrogen and oxygen atoms in total. The molecule has 1 aliphatic heterocycles. The molecule has 1 heterocycles. The maximum atomic E-state index is 12.0. The number of carbonyl (C=O) groups excluding carboxylic acids is 2. The van der Waals surface area contributed by atoms with Crippen LogP contribution in [0.4, 0.5) is 0 Å². The lowest BCUT2D eigenvalue weighted by atomic mass is 10.1. The first-order chi connectivity index (χ1) is 11.2. The third-order valence-corrected chi connectivity index (χ3v) is 4.29. The minimum absolute atomic E-state index is 0.126. The van der Waals surface area contributed by atoms with E-state index < -0.39 is 11.8 Å². The zero-order valence-electron chi connectivity index (χ0n) is 13.1. The Balaban J connectivity index is 1.47. The number of rotatable bonds is 3. The summed E-state index contributed by atoms with van der Waals surface area (Å²) in [4.78, 5) is 23.9. The van der Waals surface area contributed by atoms with Gasteiger partial charge in [0.2, 0.25) is 6.79 Å². The fourth-order valence-corrected chi connectivity index (χ4v) is 2.99. The number of carbonyl (C=O) groups is 2. The molecule has 23 heavy (non-hydrogen) atoms. The fourth-order valence-electron chi connectivity index (χ4n) is 2.99. The average Bonchev–Trinajstić information content (AvgIpc) is 2.88. The zero-order valence-corrected chi connectivity index (χ0v) is 13.1. The van der Waals surface area contributed by atoms with Crippen molar-refractivity contribution in [3.63, 3.8) is 0 Å². The third kappa shape index (κ3) is 4.15. The highest BCUT2D eigenvalue weighted by molar-refractivity contribution is 6.35. The van der Waals surface area contributed by atoms with E-state index in [2.05, 4.69) is 10.6 Å². The van der Waals surface area contributed by atoms with Crippen molar-refractivity contribution in [3.8, 4) is 11.5 Å².